The summed E-state index contributed by atoms with van der Waals surface area (Å²) in [5, 5.41) is 16.7. The van der Waals surface area contributed by atoms with E-state index in [1.807, 2.05) is 42.6 Å². The smallest absolute Gasteiger partial charge is 0.188 e. The maximum absolute atomic E-state index is 6.33. The fourth-order valence-corrected chi connectivity index (χ4v) is 4.50. The predicted octanol–water partition coefficient (Wildman–Crippen LogP) is 7.08. The molecule has 0 bridgehead atoms. The van der Waals surface area contributed by atoms with Gasteiger partial charge in [-0.1, -0.05) is 48.0 Å². The maximum atomic E-state index is 6.33. The lowest BCUT2D eigenvalue weighted by Crippen LogP contribution is -2.15. The second kappa shape index (κ2) is 13.6. The average Bonchev–Trinajstić information content (AvgIpc) is 3.45. The molecule has 0 amide bonds. The van der Waals surface area contributed by atoms with Gasteiger partial charge in [0.05, 0.1) is 16.2 Å². The van der Waals surface area contributed by atoms with Crippen molar-refractivity contribution >= 4 is 82.0 Å². The van der Waals surface area contributed by atoms with E-state index in [1.165, 1.54) is 10.4 Å². The Bertz CT molecular complexity index is 1340. The van der Waals surface area contributed by atoms with Gasteiger partial charge < -0.3 is 10.6 Å². The number of thiazole rings is 1. The van der Waals surface area contributed by atoms with Crippen LogP contribution in [0.15, 0.2) is 73.1 Å². The maximum Gasteiger partial charge on any atom is 0.188 e. The third-order valence-electron chi connectivity index (χ3n) is 5.11. The Morgan fingerprint density at radius 1 is 0.943 bits per heavy atom. The van der Waals surface area contributed by atoms with E-state index in [9.17, 15) is 0 Å². The fourth-order valence-electron chi connectivity index (χ4n) is 3.49. The number of benzene rings is 2. The van der Waals surface area contributed by atoms with E-state index in [0.29, 0.717) is 5.02 Å². The van der Waals surface area contributed by atoms with E-state index in [0.717, 1.165) is 52.6 Å². The van der Waals surface area contributed by atoms with Crippen molar-refractivity contribution in [1.82, 2.24) is 25.5 Å². The highest BCUT2D eigenvalue weighted by Crippen LogP contribution is 2.32. The van der Waals surface area contributed by atoms with Gasteiger partial charge in [-0.2, -0.15) is 5.10 Å². The Hall–Kier alpha value is -2.39. The third kappa shape index (κ3) is 7.07. The van der Waals surface area contributed by atoms with Crippen LogP contribution in [0.25, 0.3) is 22.2 Å². The van der Waals surface area contributed by atoms with Crippen LogP contribution in [-0.4, -0.2) is 26.7 Å². The quantitative estimate of drug-likeness (QED) is 0.174. The molecule has 0 atom stereocenters. The second-order valence-corrected chi connectivity index (χ2v) is 8.86. The van der Waals surface area contributed by atoms with Gasteiger partial charge in [-0.05, 0) is 42.8 Å². The minimum absolute atomic E-state index is 0. The first-order chi connectivity index (χ1) is 15.8. The summed E-state index contributed by atoms with van der Waals surface area (Å²) in [4.78, 5) is 10.1. The highest BCUT2D eigenvalue weighted by Gasteiger charge is 2.12. The van der Waals surface area contributed by atoms with Crippen LogP contribution in [0.5, 0.6) is 0 Å². The molecule has 6 nitrogen and oxygen atoms in total. The van der Waals surface area contributed by atoms with Crippen molar-refractivity contribution in [2.24, 2.45) is 0 Å². The fraction of sp³-hybridized carbons (Fsp3) is 0.125. The first-order valence-corrected chi connectivity index (χ1v) is 11.5. The van der Waals surface area contributed by atoms with E-state index in [1.54, 1.807) is 17.5 Å². The number of pyridine rings is 1. The topological polar surface area (TPSA) is 78.5 Å². The second-order valence-electron chi connectivity index (χ2n) is 7.34. The van der Waals surface area contributed by atoms with Crippen LogP contribution in [0.3, 0.4) is 0 Å². The number of anilines is 2. The first kappa shape index (κ1) is 28.8. The molecule has 3 N–H and O–H groups in total. The molecule has 5 rings (SSSR count). The summed E-state index contributed by atoms with van der Waals surface area (Å²) >= 11 is 7.94. The Morgan fingerprint density at radius 3 is 2.57 bits per heavy atom. The van der Waals surface area contributed by atoms with E-state index in [2.05, 4.69) is 55.1 Å². The van der Waals surface area contributed by atoms with Crippen molar-refractivity contribution < 1.29 is 0 Å². The molecular formula is C24H24Cl4N6S. The molecule has 0 aliphatic carbocycles. The molecule has 35 heavy (non-hydrogen) atoms. The molecule has 0 aliphatic heterocycles. The number of H-pyrrole nitrogens is 1. The average molecular weight is 570 g/mol. The number of nitrogens with one attached hydrogen (secondary N) is 3. The Balaban J connectivity index is 0.00000144. The highest BCUT2D eigenvalue weighted by atomic mass is 35.5. The molecule has 0 saturated carbocycles. The third-order valence-corrected chi connectivity index (χ3v) is 6.32. The summed E-state index contributed by atoms with van der Waals surface area (Å²) in [6, 6.07) is 20.2. The molecule has 0 fully saturated rings. The van der Waals surface area contributed by atoms with E-state index in [4.69, 9.17) is 11.6 Å². The molecule has 5 aromatic rings. The highest BCUT2D eigenvalue weighted by molar-refractivity contribution is 7.15. The molecule has 0 radical (unpaired) electrons. The minimum atomic E-state index is 0. The van der Waals surface area contributed by atoms with Gasteiger partial charge in [0.25, 0.3) is 0 Å². The van der Waals surface area contributed by atoms with Gasteiger partial charge >= 0.3 is 0 Å². The van der Waals surface area contributed by atoms with E-state index in [-0.39, 0.29) is 37.2 Å². The van der Waals surface area contributed by atoms with Crippen molar-refractivity contribution in [3.8, 4) is 11.3 Å². The first-order valence-electron chi connectivity index (χ1n) is 10.3. The van der Waals surface area contributed by atoms with Crippen LogP contribution in [0.1, 0.15) is 10.4 Å². The SMILES string of the molecule is Cl.Cl.Cl.Clc1cccnc1-c1ccc2[nH]nc(Nc3ncc(CNCCc4ccccc4)s3)c2c1. The summed E-state index contributed by atoms with van der Waals surface area (Å²) in [5.41, 5.74) is 3.96. The number of fused-ring (bicyclic) bond motifs is 1. The molecule has 0 aliphatic rings. The van der Waals surface area contributed by atoms with Gasteiger partial charge in [0.2, 0.25) is 0 Å². The van der Waals surface area contributed by atoms with Crippen LogP contribution >= 0.6 is 60.2 Å². The number of hydrogen-bond acceptors (Lipinski definition) is 6. The molecule has 0 unspecified atom stereocenters. The standard InChI is InChI=1S/C24H21ClN6S.3ClH/c25-20-7-4-11-27-22(20)17-8-9-21-19(13-17)23(31-30-21)29-24-28-15-18(32-24)14-26-12-10-16-5-2-1-3-6-16;;;/h1-9,11,13,15,26H,10,12,14H2,(H2,28,29,30,31);3*1H. The Kier molecular flexibility index (Phi) is 11.2. The van der Waals surface area contributed by atoms with Gasteiger partial charge in [0.1, 0.15) is 0 Å². The lowest BCUT2D eigenvalue weighted by atomic mass is 10.1. The predicted molar refractivity (Wildman–Crippen MR) is 153 cm³/mol. The molecule has 2 aromatic carbocycles. The zero-order chi connectivity index (χ0) is 21.8. The summed E-state index contributed by atoms with van der Waals surface area (Å²) in [5.74, 6) is 0.729. The lowest BCUT2D eigenvalue weighted by Gasteiger charge is -2.04. The normalized spacial score (nSPS) is 10.2. The summed E-state index contributed by atoms with van der Waals surface area (Å²) < 4.78 is 0. The largest absolute Gasteiger partial charge is 0.314 e. The van der Waals surface area contributed by atoms with Gasteiger partial charge in [-0.25, -0.2) is 4.98 Å². The van der Waals surface area contributed by atoms with Crippen molar-refractivity contribution in [2.45, 2.75) is 13.0 Å². The zero-order valence-corrected chi connectivity index (χ0v) is 22.4. The number of nitrogens with zero attached hydrogens (tertiary/aromatic N) is 3. The Labute approximate surface area is 231 Å². The monoisotopic (exact) mass is 568 g/mol. The van der Waals surface area contributed by atoms with Gasteiger partial charge in [-0.15, -0.1) is 48.6 Å². The summed E-state index contributed by atoms with van der Waals surface area (Å²) in [7, 11) is 0. The zero-order valence-electron chi connectivity index (χ0n) is 18.4. The molecular weight excluding hydrogens is 546 g/mol. The lowest BCUT2D eigenvalue weighted by molar-refractivity contribution is 0.693. The number of hydrogen-bond donors (Lipinski definition) is 3. The number of aromatic amines is 1. The van der Waals surface area contributed by atoms with Crippen molar-refractivity contribution in [3.63, 3.8) is 0 Å². The summed E-state index contributed by atoms with van der Waals surface area (Å²) in [6.07, 6.45) is 4.65. The van der Waals surface area contributed by atoms with Gasteiger partial charge in [-0.3, -0.25) is 10.1 Å². The van der Waals surface area contributed by atoms with Crippen LogP contribution in [0.4, 0.5) is 10.9 Å². The van der Waals surface area contributed by atoms with Crippen molar-refractivity contribution in [3.05, 3.63) is 88.5 Å². The van der Waals surface area contributed by atoms with Gasteiger partial charge in [0, 0.05) is 34.8 Å². The van der Waals surface area contributed by atoms with Crippen LogP contribution < -0.4 is 10.6 Å². The summed E-state index contributed by atoms with van der Waals surface area (Å²) in [6.45, 7) is 1.71. The van der Waals surface area contributed by atoms with E-state index < -0.39 is 0 Å². The number of halogens is 4. The number of rotatable bonds is 8. The molecule has 184 valence electrons. The van der Waals surface area contributed by atoms with E-state index >= 15 is 0 Å². The number of aromatic nitrogens is 4. The molecule has 0 saturated heterocycles. The van der Waals surface area contributed by atoms with Crippen LogP contribution in [0.2, 0.25) is 5.02 Å². The van der Waals surface area contributed by atoms with Crippen LogP contribution in [0, 0.1) is 0 Å². The molecule has 0 spiro atoms. The minimum Gasteiger partial charge on any atom is -0.314 e. The molecule has 3 aromatic heterocycles. The Morgan fingerprint density at radius 2 is 1.77 bits per heavy atom. The van der Waals surface area contributed by atoms with Gasteiger partial charge in [0.15, 0.2) is 10.9 Å². The molecule has 11 heteroatoms. The van der Waals surface area contributed by atoms with Crippen molar-refractivity contribution in [1.29, 1.82) is 0 Å². The van der Waals surface area contributed by atoms with Crippen LogP contribution in [-0.2, 0) is 13.0 Å². The van der Waals surface area contributed by atoms with Crippen molar-refractivity contribution in [2.75, 3.05) is 11.9 Å². The molecule has 3 heterocycles.